The molecular weight excluding hydrogens is 286 g/mol. The van der Waals surface area contributed by atoms with Crippen LogP contribution in [0.5, 0.6) is 0 Å². The van der Waals surface area contributed by atoms with Crippen LogP contribution in [0.25, 0.3) is 21.4 Å². The molecule has 2 aromatic carbocycles. The molecule has 0 radical (unpaired) electrons. The van der Waals surface area contributed by atoms with Crippen LogP contribution in [0.4, 0.5) is 0 Å². The number of allylic oxidation sites excluding steroid dienone is 1. The van der Waals surface area contributed by atoms with Gasteiger partial charge in [-0.05, 0) is 33.8 Å². The number of nitrogens with zero attached hydrogens (tertiary/aromatic N) is 1. The van der Waals surface area contributed by atoms with Gasteiger partial charge in [0.15, 0.2) is 0 Å². The predicted molar refractivity (Wildman–Crippen MR) is 86.5 cm³/mol. The molecule has 0 N–H and O–H groups in total. The van der Waals surface area contributed by atoms with Crippen molar-refractivity contribution in [3.63, 3.8) is 0 Å². The van der Waals surface area contributed by atoms with Crippen LogP contribution in [-0.4, -0.2) is 0 Å². The molecule has 0 bridgehead atoms. The van der Waals surface area contributed by atoms with E-state index in [4.69, 9.17) is 11.6 Å². The molecule has 0 saturated carbocycles. The lowest BCUT2D eigenvalue weighted by Gasteiger charge is -2.05. The van der Waals surface area contributed by atoms with E-state index in [-0.39, 0.29) is 0 Å². The Hall–Kier alpha value is -2.08. The van der Waals surface area contributed by atoms with Gasteiger partial charge in [-0.25, -0.2) is 0 Å². The standard InChI is InChI=1S/C17H10ClNS/c18-17(15(11-19)16-6-3-9-20-16)14-8-7-12-4-1-2-5-13(12)10-14/h1-10H. The normalized spacial score (nSPS) is 12.0. The Labute approximate surface area is 126 Å². The average Bonchev–Trinajstić information content (AvgIpc) is 3.01. The first-order chi connectivity index (χ1) is 9.79. The summed E-state index contributed by atoms with van der Waals surface area (Å²) in [4.78, 5) is 0.894. The largest absolute Gasteiger partial charge is 0.192 e. The van der Waals surface area contributed by atoms with Crippen molar-refractivity contribution < 1.29 is 0 Å². The van der Waals surface area contributed by atoms with Crippen LogP contribution in [0, 0.1) is 11.3 Å². The van der Waals surface area contributed by atoms with Gasteiger partial charge in [0.05, 0.1) is 10.6 Å². The van der Waals surface area contributed by atoms with Gasteiger partial charge in [-0.15, -0.1) is 11.3 Å². The quantitative estimate of drug-likeness (QED) is 0.570. The second kappa shape index (κ2) is 5.50. The van der Waals surface area contributed by atoms with Crippen LogP contribution in [0.3, 0.4) is 0 Å². The highest BCUT2D eigenvalue weighted by molar-refractivity contribution is 7.11. The second-order valence-corrected chi connectivity index (χ2v) is 5.67. The molecule has 1 aromatic heterocycles. The number of thiophene rings is 1. The van der Waals surface area contributed by atoms with Gasteiger partial charge >= 0.3 is 0 Å². The minimum atomic E-state index is 0.501. The maximum Gasteiger partial charge on any atom is 0.102 e. The van der Waals surface area contributed by atoms with Crippen molar-refractivity contribution in [2.24, 2.45) is 0 Å². The smallest absolute Gasteiger partial charge is 0.102 e. The molecule has 0 aliphatic carbocycles. The van der Waals surface area contributed by atoms with E-state index in [0.717, 1.165) is 21.2 Å². The maximum atomic E-state index is 9.36. The number of nitriles is 1. The summed E-state index contributed by atoms with van der Waals surface area (Å²) in [5.74, 6) is 0. The maximum absolute atomic E-state index is 9.36. The van der Waals surface area contributed by atoms with Crippen molar-refractivity contribution in [2.75, 3.05) is 0 Å². The fourth-order valence-electron chi connectivity index (χ4n) is 2.10. The fraction of sp³-hybridized carbons (Fsp3) is 0. The third-order valence-corrected chi connectivity index (χ3v) is 4.40. The Morgan fingerprint density at radius 3 is 2.50 bits per heavy atom. The molecule has 3 aromatic rings. The first-order valence-corrected chi connectivity index (χ1v) is 7.38. The van der Waals surface area contributed by atoms with Crippen LogP contribution in [0.2, 0.25) is 0 Å². The lowest BCUT2D eigenvalue weighted by Crippen LogP contribution is -1.84. The van der Waals surface area contributed by atoms with E-state index in [9.17, 15) is 5.26 Å². The summed E-state index contributed by atoms with van der Waals surface area (Å²) >= 11 is 7.95. The number of benzene rings is 2. The Kier molecular flexibility index (Phi) is 3.56. The van der Waals surface area contributed by atoms with Gasteiger partial charge in [-0.2, -0.15) is 5.26 Å². The van der Waals surface area contributed by atoms with E-state index in [1.807, 2.05) is 53.9 Å². The highest BCUT2D eigenvalue weighted by Crippen LogP contribution is 2.32. The number of hydrogen-bond donors (Lipinski definition) is 0. The topological polar surface area (TPSA) is 23.8 Å². The van der Waals surface area contributed by atoms with Gasteiger partial charge < -0.3 is 0 Å². The molecular formula is C17H10ClNS. The van der Waals surface area contributed by atoms with Crippen LogP contribution in [0.1, 0.15) is 10.4 Å². The molecule has 0 spiro atoms. The monoisotopic (exact) mass is 295 g/mol. The van der Waals surface area contributed by atoms with Crippen LogP contribution in [0.15, 0.2) is 60.0 Å². The van der Waals surface area contributed by atoms with Crippen molar-refractivity contribution >= 4 is 44.3 Å². The minimum absolute atomic E-state index is 0.501. The molecule has 0 aliphatic rings. The van der Waals surface area contributed by atoms with Gasteiger partial charge in [-0.1, -0.05) is 54.1 Å². The van der Waals surface area contributed by atoms with Gasteiger partial charge in [-0.3, -0.25) is 0 Å². The zero-order chi connectivity index (χ0) is 13.9. The van der Waals surface area contributed by atoms with Gasteiger partial charge in [0.25, 0.3) is 0 Å². The molecule has 3 rings (SSSR count). The number of fused-ring (bicyclic) bond motifs is 1. The number of halogens is 1. The Morgan fingerprint density at radius 1 is 1.00 bits per heavy atom. The van der Waals surface area contributed by atoms with Crippen LogP contribution < -0.4 is 0 Å². The SMILES string of the molecule is N#CC(=C(Cl)c1ccc2ccccc2c1)c1cccs1. The summed E-state index contributed by atoms with van der Waals surface area (Å²) in [6, 6.07) is 20.1. The molecule has 0 aliphatic heterocycles. The van der Waals surface area contributed by atoms with Crippen molar-refractivity contribution in [3.8, 4) is 6.07 Å². The van der Waals surface area contributed by atoms with E-state index in [1.54, 1.807) is 0 Å². The third-order valence-electron chi connectivity index (χ3n) is 3.10. The van der Waals surface area contributed by atoms with E-state index in [2.05, 4.69) is 12.1 Å². The molecule has 0 fully saturated rings. The van der Waals surface area contributed by atoms with Gasteiger partial charge in [0.2, 0.25) is 0 Å². The zero-order valence-electron chi connectivity index (χ0n) is 10.5. The van der Waals surface area contributed by atoms with Crippen molar-refractivity contribution in [1.29, 1.82) is 5.26 Å². The first-order valence-electron chi connectivity index (χ1n) is 6.12. The number of hydrogen-bond acceptors (Lipinski definition) is 2. The summed E-state index contributed by atoms with van der Waals surface area (Å²) in [6.07, 6.45) is 0. The van der Waals surface area contributed by atoms with E-state index in [0.29, 0.717) is 10.6 Å². The first kappa shape index (κ1) is 12.9. The molecule has 3 heteroatoms. The molecule has 1 heterocycles. The van der Waals surface area contributed by atoms with E-state index >= 15 is 0 Å². The zero-order valence-corrected chi connectivity index (χ0v) is 12.1. The van der Waals surface area contributed by atoms with Crippen molar-refractivity contribution in [1.82, 2.24) is 0 Å². The van der Waals surface area contributed by atoms with Crippen LogP contribution in [-0.2, 0) is 0 Å². The summed E-state index contributed by atoms with van der Waals surface area (Å²) < 4.78 is 0. The fourth-order valence-corrected chi connectivity index (χ4v) is 3.15. The Balaban J connectivity index is 2.16. The predicted octanol–water partition coefficient (Wildman–Crippen LogP) is 5.53. The summed E-state index contributed by atoms with van der Waals surface area (Å²) in [6.45, 7) is 0. The molecule has 0 saturated heterocycles. The Bertz CT molecular complexity index is 826. The summed E-state index contributed by atoms with van der Waals surface area (Å²) in [7, 11) is 0. The molecule has 0 amide bonds. The van der Waals surface area contributed by atoms with Crippen LogP contribution >= 0.6 is 22.9 Å². The minimum Gasteiger partial charge on any atom is -0.192 e. The Morgan fingerprint density at radius 2 is 1.80 bits per heavy atom. The van der Waals surface area contributed by atoms with Gasteiger partial charge in [0.1, 0.15) is 6.07 Å². The lowest BCUT2D eigenvalue weighted by molar-refractivity contribution is 1.54. The summed E-state index contributed by atoms with van der Waals surface area (Å²) in [5.41, 5.74) is 1.40. The second-order valence-electron chi connectivity index (χ2n) is 4.34. The van der Waals surface area contributed by atoms with E-state index < -0.39 is 0 Å². The van der Waals surface area contributed by atoms with Gasteiger partial charge in [0, 0.05) is 4.88 Å². The molecule has 20 heavy (non-hydrogen) atoms. The number of rotatable bonds is 2. The highest BCUT2D eigenvalue weighted by atomic mass is 35.5. The van der Waals surface area contributed by atoms with E-state index in [1.165, 1.54) is 11.3 Å². The van der Waals surface area contributed by atoms with Crippen molar-refractivity contribution in [3.05, 3.63) is 70.4 Å². The molecule has 1 nitrogen and oxygen atoms in total. The molecule has 0 atom stereocenters. The third kappa shape index (κ3) is 2.34. The summed E-state index contributed by atoms with van der Waals surface area (Å²) in [5, 5.41) is 14.1. The molecule has 96 valence electrons. The molecule has 0 unspecified atom stereocenters. The lowest BCUT2D eigenvalue weighted by atomic mass is 10.0. The average molecular weight is 296 g/mol. The van der Waals surface area contributed by atoms with Crippen molar-refractivity contribution in [2.45, 2.75) is 0 Å². The highest BCUT2D eigenvalue weighted by Gasteiger charge is 2.10.